The average molecular weight is 654 g/mol. The number of piperazine rings is 1. The maximum absolute atomic E-state index is 14.3. The number of imide groups is 1. The molecule has 0 aliphatic carbocycles. The highest BCUT2D eigenvalue weighted by atomic mass is 32.1. The van der Waals surface area contributed by atoms with Gasteiger partial charge in [-0.15, -0.1) is 11.3 Å². The van der Waals surface area contributed by atoms with E-state index in [0.29, 0.717) is 34.6 Å². The number of nitrogens with zero attached hydrogens (tertiary/aromatic N) is 3. The molecule has 0 saturated carbocycles. The van der Waals surface area contributed by atoms with Crippen molar-refractivity contribution >= 4 is 39.9 Å². The molecule has 2 aliphatic rings. The van der Waals surface area contributed by atoms with Crippen molar-refractivity contribution in [2.45, 2.75) is 25.4 Å². The number of rotatable bonds is 11. The zero-order valence-electron chi connectivity index (χ0n) is 26.8. The molecule has 47 heavy (non-hydrogen) atoms. The second kappa shape index (κ2) is 14.3. The molecule has 244 valence electrons. The van der Waals surface area contributed by atoms with Gasteiger partial charge in [0.1, 0.15) is 0 Å². The zero-order chi connectivity index (χ0) is 32.9. The van der Waals surface area contributed by atoms with E-state index in [1.165, 1.54) is 21.8 Å². The molecular weight excluding hydrogens is 614 g/mol. The molecule has 4 amide bonds. The zero-order valence-corrected chi connectivity index (χ0v) is 27.6. The maximum Gasteiger partial charge on any atom is 0.319 e. The van der Waals surface area contributed by atoms with E-state index in [-0.39, 0.29) is 30.4 Å². The van der Waals surface area contributed by atoms with E-state index in [1.807, 2.05) is 41.8 Å². The third-order valence-corrected chi connectivity index (χ3v) is 9.76. The molecule has 1 saturated heterocycles. The van der Waals surface area contributed by atoms with Gasteiger partial charge >= 0.3 is 6.03 Å². The highest BCUT2D eigenvalue weighted by Gasteiger charge is 2.43. The Kier molecular flexibility index (Phi) is 9.74. The summed E-state index contributed by atoms with van der Waals surface area (Å²) in [6.07, 6.45) is 0.296. The lowest BCUT2D eigenvalue weighted by atomic mass is 10.0. The highest BCUT2D eigenvalue weighted by molar-refractivity contribution is 7.14. The Morgan fingerprint density at radius 3 is 2.32 bits per heavy atom. The molecule has 11 heteroatoms. The van der Waals surface area contributed by atoms with Gasteiger partial charge in [0.2, 0.25) is 0 Å². The van der Waals surface area contributed by atoms with E-state index in [1.54, 1.807) is 32.4 Å². The Hall–Kier alpha value is -4.87. The Morgan fingerprint density at radius 1 is 0.851 bits per heavy atom. The molecule has 2 N–H and O–H groups in total. The molecule has 6 rings (SSSR count). The van der Waals surface area contributed by atoms with Gasteiger partial charge in [-0.2, -0.15) is 0 Å². The molecule has 3 heterocycles. The Bertz CT molecular complexity index is 1720. The molecule has 1 fully saturated rings. The lowest BCUT2D eigenvalue weighted by Crippen LogP contribution is -2.47. The number of carbonyl (C=O) groups excluding carboxylic acids is 3. The molecule has 4 aromatic rings. The van der Waals surface area contributed by atoms with Gasteiger partial charge in [-0.3, -0.25) is 24.7 Å². The number of thiophene rings is 1. The van der Waals surface area contributed by atoms with Gasteiger partial charge in [-0.05, 0) is 66.2 Å². The van der Waals surface area contributed by atoms with Crippen LogP contribution in [0.25, 0.3) is 0 Å². The highest BCUT2D eigenvalue weighted by Crippen LogP contribution is 2.40. The van der Waals surface area contributed by atoms with Gasteiger partial charge < -0.3 is 19.7 Å². The number of benzene rings is 3. The molecule has 3 aromatic carbocycles. The number of hydrogen-bond acceptors (Lipinski definition) is 8. The summed E-state index contributed by atoms with van der Waals surface area (Å²) >= 11 is 1.42. The molecule has 1 unspecified atom stereocenters. The predicted octanol–water partition coefficient (Wildman–Crippen LogP) is 6.20. The molecule has 0 spiro atoms. The van der Waals surface area contributed by atoms with E-state index >= 15 is 0 Å². The largest absolute Gasteiger partial charge is 0.493 e. The van der Waals surface area contributed by atoms with Crippen LogP contribution in [0, 0.1) is 0 Å². The smallest absolute Gasteiger partial charge is 0.319 e. The van der Waals surface area contributed by atoms with Crippen LogP contribution in [-0.2, 0) is 0 Å². The second-order valence-corrected chi connectivity index (χ2v) is 12.5. The summed E-state index contributed by atoms with van der Waals surface area (Å²) in [7, 11) is 3.10. The van der Waals surface area contributed by atoms with Crippen LogP contribution in [0.5, 0.6) is 11.5 Å². The Labute approximate surface area is 278 Å². The van der Waals surface area contributed by atoms with Gasteiger partial charge in [0, 0.05) is 38.8 Å². The van der Waals surface area contributed by atoms with E-state index in [4.69, 9.17) is 9.47 Å². The van der Waals surface area contributed by atoms with Crippen LogP contribution in [0.2, 0.25) is 0 Å². The van der Waals surface area contributed by atoms with Crippen LogP contribution < -0.4 is 25.0 Å². The molecule has 2 atom stereocenters. The van der Waals surface area contributed by atoms with Crippen molar-refractivity contribution in [1.82, 2.24) is 15.1 Å². The van der Waals surface area contributed by atoms with Gasteiger partial charge in [0.15, 0.2) is 11.5 Å². The Morgan fingerprint density at radius 2 is 1.62 bits per heavy atom. The van der Waals surface area contributed by atoms with Gasteiger partial charge in [0.25, 0.3) is 11.8 Å². The minimum absolute atomic E-state index is 0.220. The quantitative estimate of drug-likeness (QED) is 0.186. The minimum atomic E-state index is -0.666. The number of urea groups is 1. The van der Waals surface area contributed by atoms with Crippen molar-refractivity contribution in [3.8, 4) is 11.5 Å². The number of fused-ring (bicyclic) bond motifs is 1. The number of ether oxygens (including phenoxy) is 2. The predicted molar refractivity (Wildman–Crippen MR) is 184 cm³/mol. The summed E-state index contributed by atoms with van der Waals surface area (Å²) < 4.78 is 11.0. The number of methoxy groups -OCH3 is 2. The van der Waals surface area contributed by atoms with E-state index in [9.17, 15) is 14.4 Å². The third-order valence-electron chi connectivity index (χ3n) is 8.97. The topological polar surface area (TPSA) is 103 Å². The van der Waals surface area contributed by atoms with E-state index in [2.05, 4.69) is 51.6 Å². The van der Waals surface area contributed by atoms with Crippen molar-refractivity contribution in [2.24, 2.45) is 0 Å². The first kappa shape index (κ1) is 32.1. The monoisotopic (exact) mass is 653 g/mol. The standard InChI is InChI=1S/C36H39N5O5S/c1-24(25-9-5-4-6-10-25)39-18-20-40(21-19-39)29-12-7-11-27-33(29)35(43)41(34(27)42)28(26-14-15-30(45-2)31(23-26)46-3)16-17-37-36(44)38-32-13-8-22-47-32/h4-15,22-24,28H,16-21H2,1-3H3,(H2,37,38,44)/t24-,28?/m1/s1. The van der Waals surface area contributed by atoms with Crippen molar-refractivity contribution in [3.63, 3.8) is 0 Å². The normalized spacial score (nSPS) is 16.1. The van der Waals surface area contributed by atoms with Gasteiger partial charge in [-0.25, -0.2) is 4.79 Å². The van der Waals surface area contributed by atoms with Crippen LogP contribution in [0.3, 0.4) is 0 Å². The first-order valence-corrected chi connectivity index (χ1v) is 16.6. The molecular formula is C36H39N5O5S. The summed E-state index contributed by atoms with van der Waals surface area (Å²) in [6, 6.07) is 24.3. The van der Waals surface area contributed by atoms with Gasteiger partial charge in [-0.1, -0.05) is 42.5 Å². The summed E-state index contributed by atoms with van der Waals surface area (Å²) in [4.78, 5) is 47.0. The molecule has 0 radical (unpaired) electrons. The van der Waals surface area contributed by atoms with E-state index in [0.717, 1.165) is 36.9 Å². The maximum atomic E-state index is 14.3. The fraction of sp³-hybridized carbons (Fsp3) is 0.306. The number of amides is 4. The SMILES string of the molecule is COc1ccc(C(CCNC(=O)Nc2cccs2)N2C(=O)c3cccc(N4CCN([C@H](C)c5ccccc5)CC4)c3C2=O)cc1OC. The number of carbonyl (C=O) groups is 3. The van der Waals surface area contributed by atoms with Crippen LogP contribution >= 0.6 is 11.3 Å². The molecule has 2 aliphatic heterocycles. The van der Waals surface area contributed by atoms with Crippen LogP contribution in [0.1, 0.15) is 57.3 Å². The van der Waals surface area contributed by atoms with E-state index < -0.39 is 6.04 Å². The number of hydrogen-bond donors (Lipinski definition) is 2. The molecule has 0 bridgehead atoms. The summed E-state index contributed by atoms with van der Waals surface area (Å²) in [5, 5.41) is 8.29. The van der Waals surface area contributed by atoms with Crippen LogP contribution in [-0.4, -0.2) is 74.6 Å². The van der Waals surface area contributed by atoms with Crippen LogP contribution in [0.15, 0.2) is 84.2 Å². The summed E-state index contributed by atoms with van der Waals surface area (Å²) in [5.41, 5.74) is 3.56. The second-order valence-electron chi connectivity index (χ2n) is 11.6. The van der Waals surface area contributed by atoms with Crippen LogP contribution in [0.4, 0.5) is 15.5 Å². The lowest BCUT2D eigenvalue weighted by Gasteiger charge is -2.39. The number of nitrogens with one attached hydrogen (secondary N) is 2. The summed E-state index contributed by atoms with van der Waals surface area (Å²) in [6.45, 7) is 5.57. The fourth-order valence-electron chi connectivity index (χ4n) is 6.46. The first-order chi connectivity index (χ1) is 22.9. The van der Waals surface area contributed by atoms with Crippen molar-refractivity contribution in [3.05, 3.63) is 106 Å². The minimum Gasteiger partial charge on any atom is -0.493 e. The van der Waals surface area contributed by atoms with Gasteiger partial charge in [0.05, 0.1) is 42.1 Å². The summed E-state index contributed by atoms with van der Waals surface area (Å²) in [5.74, 6) is 0.321. The fourth-order valence-corrected chi connectivity index (χ4v) is 7.07. The lowest BCUT2D eigenvalue weighted by molar-refractivity contribution is 0.0575. The van der Waals surface area contributed by atoms with Crippen molar-refractivity contribution in [1.29, 1.82) is 0 Å². The average Bonchev–Trinajstić information content (AvgIpc) is 3.71. The molecule has 1 aromatic heterocycles. The van der Waals surface area contributed by atoms with Crippen molar-refractivity contribution < 1.29 is 23.9 Å². The Balaban J connectivity index is 1.23. The molecule has 10 nitrogen and oxygen atoms in total. The third kappa shape index (κ3) is 6.68. The number of anilines is 2. The van der Waals surface area contributed by atoms with Crippen molar-refractivity contribution in [2.75, 3.05) is 57.2 Å². The first-order valence-electron chi connectivity index (χ1n) is 15.7.